The van der Waals surface area contributed by atoms with Crippen molar-refractivity contribution < 1.29 is 0 Å². The molecule has 0 aliphatic rings. The molecule has 1 atom stereocenters. The summed E-state index contributed by atoms with van der Waals surface area (Å²) >= 11 is 0. The third-order valence-corrected chi connectivity index (χ3v) is 3.88. The molecule has 1 heteroatoms. The van der Waals surface area contributed by atoms with E-state index in [9.17, 15) is 0 Å². The summed E-state index contributed by atoms with van der Waals surface area (Å²) in [6.45, 7) is 11.6. The molecule has 0 bridgehead atoms. The van der Waals surface area contributed by atoms with Crippen LogP contribution in [0.3, 0.4) is 0 Å². The van der Waals surface area contributed by atoms with E-state index in [4.69, 9.17) is 0 Å². The highest BCUT2D eigenvalue weighted by Crippen LogP contribution is 2.28. The first kappa shape index (κ1) is 14.8. The number of rotatable bonds is 6. The molecule has 1 unspecified atom stereocenters. The predicted octanol–water partition coefficient (Wildman–Crippen LogP) is 4.57. The summed E-state index contributed by atoms with van der Waals surface area (Å²) in [5.41, 5.74) is 1.48. The highest BCUT2D eigenvalue weighted by atomic mass is 14.9. The van der Waals surface area contributed by atoms with Crippen molar-refractivity contribution in [1.82, 2.24) is 5.32 Å². The lowest BCUT2D eigenvalue weighted by Gasteiger charge is -2.28. The Morgan fingerprint density at radius 2 is 1.85 bits per heavy atom. The molecule has 0 aliphatic heterocycles. The van der Waals surface area contributed by atoms with Gasteiger partial charge in [-0.3, -0.25) is 0 Å². The standard InChI is InChI=1S/C19H25N/c1-5-19(4,14-20-15(2)3)13-17-11-8-10-16-9-6-7-12-18(16)17/h5-12,15,20H,1,13-14H2,2-4H3. The van der Waals surface area contributed by atoms with E-state index in [2.05, 4.69) is 81.2 Å². The second kappa shape index (κ2) is 6.23. The van der Waals surface area contributed by atoms with E-state index >= 15 is 0 Å². The number of hydrogen-bond acceptors (Lipinski definition) is 1. The molecule has 0 aromatic heterocycles. The molecule has 2 rings (SSSR count). The lowest BCUT2D eigenvalue weighted by atomic mass is 9.82. The van der Waals surface area contributed by atoms with Crippen LogP contribution in [0.4, 0.5) is 0 Å². The van der Waals surface area contributed by atoms with Gasteiger partial charge in [0, 0.05) is 18.0 Å². The van der Waals surface area contributed by atoms with E-state index in [1.807, 2.05) is 0 Å². The quantitative estimate of drug-likeness (QED) is 0.756. The molecule has 0 fully saturated rings. The molecule has 0 aliphatic carbocycles. The first-order valence-corrected chi connectivity index (χ1v) is 7.38. The van der Waals surface area contributed by atoms with Gasteiger partial charge in [0.2, 0.25) is 0 Å². The molecule has 106 valence electrons. The summed E-state index contributed by atoms with van der Waals surface area (Å²) in [6, 6.07) is 15.7. The second-order valence-electron chi connectivity index (χ2n) is 6.21. The molecule has 0 spiro atoms. The fourth-order valence-corrected chi connectivity index (χ4v) is 2.53. The van der Waals surface area contributed by atoms with Gasteiger partial charge in [-0.1, -0.05) is 69.3 Å². The molecular weight excluding hydrogens is 242 g/mol. The normalized spacial score (nSPS) is 14.4. The average molecular weight is 267 g/mol. The third-order valence-electron chi connectivity index (χ3n) is 3.88. The number of hydrogen-bond donors (Lipinski definition) is 1. The fourth-order valence-electron chi connectivity index (χ4n) is 2.53. The molecule has 0 saturated carbocycles. The molecule has 1 N–H and O–H groups in total. The number of benzene rings is 2. The van der Waals surface area contributed by atoms with Gasteiger partial charge >= 0.3 is 0 Å². The zero-order chi connectivity index (χ0) is 14.6. The highest BCUT2D eigenvalue weighted by molar-refractivity contribution is 5.85. The van der Waals surface area contributed by atoms with E-state index in [1.54, 1.807) is 0 Å². The molecule has 1 nitrogen and oxygen atoms in total. The smallest absolute Gasteiger partial charge is 0.00453 e. The van der Waals surface area contributed by atoms with Crippen LogP contribution in [0.25, 0.3) is 10.8 Å². The molecule has 0 radical (unpaired) electrons. The summed E-state index contributed by atoms with van der Waals surface area (Å²) in [5.74, 6) is 0. The van der Waals surface area contributed by atoms with Gasteiger partial charge in [0.05, 0.1) is 0 Å². The van der Waals surface area contributed by atoms with Gasteiger partial charge in [0.15, 0.2) is 0 Å². The Balaban J connectivity index is 2.27. The summed E-state index contributed by atoms with van der Waals surface area (Å²) in [7, 11) is 0. The van der Waals surface area contributed by atoms with E-state index in [0.717, 1.165) is 13.0 Å². The Bertz CT molecular complexity index is 580. The summed E-state index contributed by atoms with van der Waals surface area (Å²) < 4.78 is 0. The molecule has 0 amide bonds. The first-order chi connectivity index (χ1) is 9.54. The Hall–Kier alpha value is -1.60. The molecule has 2 aromatic carbocycles. The second-order valence-corrected chi connectivity index (χ2v) is 6.21. The van der Waals surface area contributed by atoms with Crippen molar-refractivity contribution in [2.75, 3.05) is 6.54 Å². The van der Waals surface area contributed by atoms with Crippen LogP contribution < -0.4 is 5.32 Å². The van der Waals surface area contributed by atoms with E-state index in [1.165, 1.54) is 16.3 Å². The van der Waals surface area contributed by atoms with Crippen LogP contribution >= 0.6 is 0 Å². The van der Waals surface area contributed by atoms with Crippen molar-refractivity contribution in [2.24, 2.45) is 5.41 Å². The molecule has 2 aromatic rings. The van der Waals surface area contributed by atoms with Crippen LogP contribution in [0.5, 0.6) is 0 Å². The largest absolute Gasteiger partial charge is 0.314 e. The van der Waals surface area contributed by atoms with Crippen LogP contribution in [0.1, 0.15) is 26.3 Å². The van der Waals surface area contributed by atoms with Gasteiger partial charge in [-0.05, 0) is 22.8 Å². The summed E-state index contributed by atoms with van der Waals surface area (Å²) in [6.07, 6.45) is 3.10. The van der Waals surface area contributed by atoms with Crippen molar-refractivity contribution in [2.45, 2.75) is 33.2 Å². The minimum absolute atomic E-state index is 0.0778. The maximum absolute atomic E-state index is 4.05. The molecule has 0 heterocycles. The van der Waals surface area contributed by atoms with Gasteiger partial charge in [-0.2, -0.15) is 0 Å². The van der Waals surface area contributed by atoms with Gasteiger partial charge < -0.3 is 5.32 Å². The monoisotopic (exact) mass is 267 g/mol. The average Bonchev–Trinajstić information content (AvgIpc) is 2.46. The van der Waals surface area contributed by atoms with Crippen molar-refractivity contribution in [3.63, 3.8) is 0 Å². The zero-order valence-electron chi connectivity index (χ0n) is 12.8. The van der Waals surface area contributed by atoms with Crippen LogP contribution in [-0.2, 0) is 6.42 Å². The molecule has 0 saturated heterocycles. The van der Waals surface area contributed by atoms with Crippen molar-refractivity contribution in [1.29, 1.82) is 0 Å². The lowest BCUT2D eigenvalue weighted by Crippen LogP contribution is -2.35. The fraction of sp³-hybridized carbons (Fsp3) is 0.368. The summed E-state index contributed by atoms with van der Waals surface area (Å²) in [5, 5.41) is 6.20. The molecule has 20 heavy (non-hydrogen) atoms. The van der Waals surface area contributed by atoms with Crippen molar-refractivity contribution in [3.05, 3.63) is 60.7 Å². The highest BCUT2D eigenvalue weighted by Gasteiger charge is 2.21. The minimum Gasteiger partial charge on any atom is -0.314 e. The third kappa shape index (κ3) is 3.49. The van der Waals surface area contributed by atoms with Crippen LogP contribution in [-0.4, -0.2) is 12.6 Å². The maximum Gasteiger partial charge on any atom is 0.00453 e. The first-order valence-electron chi connectivity index (χ1n) is 7.38. The Morgan fingerprint density at radius 3 is 2.55 bits per heavy atom. The SMILES string of the molecule is C=CC(C)(CNC(C)C)Cc1cccc2ccccc12. The minimum atomic E-state index is 0.0778. The van der Waals surface area contributed by atoms with Gasteiger partial charge in [0.25, 0.3) is 0 Å². The van der Waals surface area contributed by atoms with Crippen molar-refractivity contribution >= 4 is 10.8 Å². The van der Waals surface area contributed by atoms with Gasteiger partial charge in [0.1, 0.15) is 0 Å². The van der Waals surface area contributed by atoms with Gasteiger partial charge in [-0.15, -0.1) is 6.58 Å². The van der Waals surface area contributed by atoms with Crippen LogP contribution in [0, 0.1) is 5.41 Å². The zero-order valence-corrected chi connectivity index (χ0v) is 12.8. The van der Waals surface area contributed by atoms with E-state index in [0.29, 0.717) is 6.04 Å². The Kier molecular flexibility index (Phi) is 4.61. The lowest BCUT2D eigenvalue weighted by molar-refractivity contribution is 0.374. The number of nitrogens with one attached hydrogen (secondary N) is 1. The number of fused-ring (bicyclic) bond motifs is 1. The molecular formula is C19H25N. The Labute approximate surface area is 122 Å². The van der Waals surface area contributed by atoms with Crippen molar-refractivity contribution in [3.8, 4) is 0 Å². The topological polar surface area (TPSA) is 12.0 Å². The predicted molar refractivity (Wildman–Crippen MR) is 89.1 cm³/mol. The van der Waals surface area contributed by atoms with Crippen LogP contribution in [0.15, 0.2) is 55.1 Å². The van der Waals surface area contributed by atoms with Crippen LogP contribution in [0.2, 0.25) is 0 Å². The summed E-state index contributed by atoms with van der Waals surface area (Å²) in [4.78, 5) is 0. The van der Waals surface area contributed by atoms with E-state index in [-0.39, 0.29) is 5.41 Å². The Morgan fingerprint density at radius 1 is 1.15 bits per heavy atom. The van der Waals surface area contributed by atoms with E-state index < -0.39 is 0 Å². The van der Waals surface area contributed by atoms with Gasteiger partial charge in [-0.25, -0.2) is 0 Å². The maximum atomic E-state index is 4.05.